The van der Waals surface area contributed by atoms with Gasteiger partial charge in [0, 0.05) is 7.05 Å². The molecule has 62 valence electrons. The second kappa shape index (κ2) is 2.94. The zero-order chi connectivity index (χ0) is 8.39. The topological polar surface area (TPSA) is 51.0 Å². The molecule has 0 unspecified atom stereocenters. The minimum atomic E-state index is 0.744. The van der Waals surface area contributed by atoms with Crippen LogP contribution in [-0.2, 0) is 0 Å². The Balaban J connectivity index is 2.46. The fourth-order valence-corrected chi connectivity index (χ4v) is 1.49. The first kappa shape index (κ1) is 7.30. The molecule has 0 saturated carbocycles. The lowest BCUT2D eigenvalue weighted by molar-refractivity contribution is 0.581. The van der Waals surface area contributed by atoms with Crippen LogP contribution in [0.3, 0.4) is 0 Å². The van der Waals surface area contributed by atoms with Gasteiger partial charge in [0.05, 0.1) is 18.0 Å². The highest BCUT2D eigenvalue weighted by Crippen LogP contribution is 2.25. The summed E-state index contributed by atoms with van der Waals surface area (Å²) >= 11 is 1.17. The molecule has 2 aromatic rings. The van der Waals surface area contributed by atoms with Gasteiger partial charge in [-0.3, -0.25) is 0 Å². The van der Waals surface area contributed by atoms with Crippen molar-refractivity contribution in [2.24, 2.45) is 0 Å². The summed E-state index contributed by atoms with van der Waals surface area (Å²) in [6.07, 6.45) is 1.62. The molecule has 0 radical (unpaired) electrons. The first-order valence-electron chi connectivity index (χ1n) is 3.46. The standard InChI is InChI=1S/C7H7N3OS/c1-8-7-6(9-12-10-7)5-3-2-4-11-5/h2-4H,1H3,(H,8,10). The van der Waals surface area contributed by atoms with E-state index in [-0.39, 0.29) is 0 Å². The van der Waals surface area contributed by atoms with Crippen LogP contribution < -0.4 is 5.32 Å². The van der Waals surface area contributed by atoms with Gasteiger partial charge in [-0.1, -0.05) is 0 Å². The summed E-state index contributed by atoms with van der Waals surface area (Å²) in [5.41, 5.74) is 0.771. The number of anilines is 1. The Hall–Kier alpha value is -1.36. The molecule has 4 nitrogen and oxygen atoms in total. The van der Waals surface area contributed by atoms with Gasteiger partial charge in [-0.25, -0.2) is 0 Å². The monoisotopic (exact) mass is 181 g/mol. The molecule has 0 fully saturated rings. The van der Waals surface area contributed by atoms with Gasteiger partial charge in [0.2, 0.25) is 0 Å². The van der Waals surface area contributed by atoms with Crippen molar-refractivity contribution in [3.05, 3.63) is 18.4 Å². The Morgan fingerprint density at radius 1 is 1.50 bits per heavy atom. The van der Waals surface area contributed by atoms with Gasteiger partial charge >= 0.3 is 0 Å². The van der Waals surface area contributed by atoms with Gasteiger partial charge in [-0.05, 0) is 12.1 Å². The Morgan fingerprint density at radius 3 is 3.08 bits per heavy atom. The largest absolute Gasteiger partial charge is 0.463 e. The Morgan fingerprint density at radius 2 is 2.42 bits per heavy atom. The fourth-order valence-electron chi connectivity index (χ4n) is 0.928. The summed E-state index contributed by atoms with van der Waals surface area (Å²) in [5, 5.41) is 2.94. The first-order valence-corrected chi connectivity index (χ1v) is 4.19. The maximum atomic E-state index is 5.18. The predicted molar refractivity (Wildman–Crippen MR) is 47.2 cm³/mol. The number of nitrogens with zero attached hydrogens (tertiary/aromatic N) is 2. The average molecular weight is 181 g/mol. The van der Waals surface area contributed by atoms with Crippen molar-refractivity contribution < 1.29 is 4.42 Å². The third kappa shape index (κ3) is 1.08. The van der Waals surface area contributed by atoms with Crippen molar-refractivity contribution in [2.75, 3.05) is 12.4 Å². The molecule has 2 aromatic heterocycles. The second-order valence-electron chi connectivity index (χ2n) is 2.19. The number of hydrogen-bond acceptors (Lipinski definition) is 5. The summed E-state index contributed by atoms with van der Waals surface area (Å²) in [4.78, 5) is 0. The first-order chi connectivity index (χ1) is 5.92. The van der Waals surface area contributed by atoms with Crippen LogP contribution in [0.4, 0.5) is 5.82 Å². The number of aromatic nitrogens is 2. The second-order valence-corrected chi connectivity index (χ2v) is 2.72. The highest BCUT2D eigenvalue weighted by Gasteiger charge is 2.10. The van der Waals surface area contributed by atoms with Crippen LogP contribution in [0.2, 0.25) is 0 Å². The van der Waals surface area contributed by atoms with Gasteiger partial charge in [0.25, 0.3) is 0 Å². The van der Waals surface area contributed by atoms with Crippen molar-refractivity contribution in [2.45, 2.75) is 0 Å². The maximum absolute atomic E-state index is 5.18. The highest BCUT2D eigenvalue weighted by atomic mass is 32.1. The molecule has 0 aliphatic rings. The Kier molecular flexibility index (Phi) is 1.79. The third-order valence-electron chi connectivity index (χ3n) is 1.48. The van der Waals surface area contributed by atoms with E-state index in [1.807, 2.05) is 19.2 Å². The molecular weight excluding hydrogens is 174 g/mol. The molecule has 0 amide bonds. The summed E-state index contributed by atoms with van der Waals surface area (Å²) in [6.45, 7) is 0. The highest BCUT2D eigenvalue weighted by molar-refractivity contribution is 6.99. The van der Waals surface area contributed by atoms with E-state index in [0.717, 1.165) is 17.3 Å². The van der Waals surface area contributed by atoms with Gasteiger partial charge in [0.1, 0.15) is 0 Å². The molecule has 1 N–H and O–H groups in total. The molecule has 0 bridgehead atoms. The third-order valence-corrected chi connectivity index (χ3v) is 2.01. The molecule has 2 rings (SSSR count). The lowest BCUT2D eigenvalue weighted by atomic mass is 10.3. The van der Waals surface area contributed by atoms with E-state index >= 15 is 0 Å². The van der Waals surface area contributed by atoms with E-state index < -0.39 is 0 Å². The number of furan rings is 1. The molecule has 0 saturated heterocycles. The zero-order valence-corrected chi connectivity index (χ0v) is 7.26. The van der Waals surface area contributed by atoms with E-state index in [9.17, 15) is 0 Å². The summed E-state index contributed by atoms with van der Waals surface area (Å²) < 4.78 is 13.3. The molecule has 0 spiro atoms. The molecule has 0 aliphatic carbocycles. The van der Waals surface area contributed by atoms with E-state index in [4.69, 9.17) is 4.42 Å². The maximum Gasteiger partial charge on any atom is 0.171 e. The minimum absolute atomic E-state index is 0.744. The average Bonchev–Trinajstić information content (AvgIpc) is 2.74. The quantitative estimate of drug-likeness (QED) is 0.768. The zero-order valence-electron chi connectivity index (χ0n) is 6.44. The van der Waals surface area contributed by atoms with Crippen molar-refractivity contribution in [3.8, 4) is 11.5 Å². The van der Waals surface area contributed by atoms with Crippen molar-refractivity contribution in [1.82, 2.24) is 8.75 Å². The van der Waals surface area contributed by atoms with E-state index in [0.29, 0.717) is 0 Å². The van der Waals surface area contributed by atoms with Crippen LogP contribution in [0, 0.1) is 0 Å². The van der Waals surface area contributed by atoms with Crippen LogP contribution in [0.25, 0.3) is 11.5 Å². The molecule has 2 heterocycles. The Labute approximate surface area is 73.6 Å². The molecular formula is C7H7N3OS. The summed E-state index contributed by atoms with van der Waals surface area (Å²) in [5.74, 6) is 1.50. The van der Waals surface area contributed by atoms with Crippen molar-refractivity contribution >= 4 is 17.5 Å². The SMILES string of the molecule is CNc1nsnc1-c1ccco1. The normalized spacial score (nSPS) is 10.1. The van der Waals surface area contributed by atoms with Gasteiger partial charge in [0.15, 0.2) is 17.3 Å². The van der Waals surface area contributed by atoms with Gasteiger partial charge in [-0.2, -0.15) is 8.75 Å². The molecule has 12 heavy (non-hydrogen) atoms. The molecule has 0 aromatic carbocycles. The summed E-state index contributed by atoms with van der Waals surface area (Å²) in [7, 11) is 1.81. The van der Waals surface area contributed by atoms with Gasteiger partial charge < -0.3 is 9.73 Å². The molecule has 0 atom stereocenters. The van der Waals surface area contributed by atoms with Crippen LogP contribution in [-0.4, -0.2) is 15.8 Å². The molecule has 0 aliphatic heterocycles. The van der Waals surface area contributed by atoms with E-state index in [1.54, 1.807) is 6.26 Å². The fraction of sp³-hybridized carbons (Fsp3) is 0.143. The van der Waals surface area contributed by atoms with Crippen molar-refractivity contribution in [3.63, 3.8) is 0 Å². The predicted octanol–water partition coefficient (Wildman–Crippen LogP) is 1.84. The smallest absolute Gasteiger partial charge is 0.171 e. The lowest BCUT2D eigenvalue weighted by Crippen LogP contribution is -1.89. The number of nitrogens with one attached hydrogen (secondary N) is 1. The van der Waals surface area contributed by atoms with Crippen molar-refractivity contribution in [1.29, 1.82) is 0 Å². The van der Waals surface area contributed by atoms with E-state index in [1.165, 1.54) is 11.7 Å². The molecule has 5 heteroatoms. The summed E-state index contributed by atoms with van der Waals surface area (Å²) in [6, 6.07) is 3.69. The minimum Gasteiger partial charge on any atom is -0.463 e. The number of hydrogen-bond donors (Lipinski definition) is 1. The van der Waals surface area contributed by atoms with Crippen LogP contribution in [0.5, 0.6) is 0 Å². The van der Waals surface area contributed by atoms with Crippen LogP contribution >= 0.6 is 11.7 Å². The van der Waals surface area contributed by atoms with Crippen LogP contribution in [0.1, 0.15) is 0 Å². The lowest BCUT2D eigenvalue weighted by Gasteiger charge is -1.93. The van der Waals surface area contributed by atoms with Gasteiger partial charge in [-0.15, -0.1) is 0 Å². The van der Waals surface area contributed by atoms with E-state index in [2.05, 4.69) is 14.1 Å². The Bertz CT molecular complexity index is 354. The number of rotatable bonds is 2. The van der Waals surface area contributed by atoms with Crippen LogP contribution in [0.15, 0.2) is 22.8 Å².